The first-order valence-electron chi connectivity index (χ1n) is 7.73. The fraction of sp³-hybridized carbons (Fsp3) is 0.933. The maximum absolute atomic E-state index is 11.7. The zero-order chi connectivity index (χ0) is 14.1. The van der Waals surface area contributed by atoms with Gasteiger partial charge in [-0.05, 0) is 44.6 Å². The third-order valence-electron chi connectivity index (χ3n) is 4.15. The van der Waals surface area contributed by atoms with Crippen molar-refractivity contribution < 1.29 is 14.6 Å². The smallest absolute Gasteiger partial charge is 0.324 e. The van der Waals surface area contributed by atoms with Gasteiger partial charge in [0.15, 0.2) is 0 Å². The third kappa shape index (κ3) is 4.46. The van der Waals surface area contributed by atoms with E-state index in [1.807, 2.05) is 0 Å². The molecule has 0 amide bonds. The second kappa shape index (κ2) is 8.54. The van der Waals surface area contributed by atoms with Crippen LogP contribution in [0.5, 0.6) is 0 Å². The van der Waals surface area contributed by atoms with Crippen molar-refractivity contribution in [2.45, 2.75) is 64.3 Å². The molecule has 4 heteroatoms. The Morgan fingerprint density at radius 2 is 2.16 bits per heavy atom. The van der Waals surface area contributed by atoms with Crippen molar-refractivity contribution in [3.05, 3.63) is 0 Å². The van der Waals surface area contributed by atoms with Crippen molar-refractivity contribution >= 4 is 5.97 Å². The molecule has 19 heavy (non-hydrogen) atoms. The lowest BCUT2D eigenvalue weighted by atomic mass is 9.84. The van der Waals surface area contributed by atoms with Crippen molar-refractivity contribution in [2.24, 2.45) is 5.92 Å². The minimum atomic E-state index is -0.704. The number of ether oxygens (including phenoxy) is 1. The predicted molar refractivity (Wildman–Crippen MR) is 76.3 cm³/mol. The monoisotopic (exact) mass is 271 g/mol. The molecule has 0 aromatic rings. The summed E-state index contributed by atoms with van der Waals surface area (Å²) in [6.07, 6.45) is 6.80. The molecule has 2 N–H and O–H groups in total. The lowest BCUT2D eigenvalue weighted by molar-refractivity contribution is -0.147. The van der Waals surface area contributed by atoms with E-state index >= 15 is 0 Å². The largest absolute Gasteiger partial charge is 0.480 e. The summed E-state index contributed by atoms with van der Waals surface area (Å²) in [5.74, 6) is -0.477. The quantitative estimate of drug-likeness (QED) is 0.600. The van der Waals surface area contributed by atoms with E-state index in [4.69, 9.17) is 4.74 Å². The number of carboxylic acid groups (broad SMARTS) is 1. The Balaban J connectivity index is 2.46. The van der Waals surface area contributed by atoms with Crippen molar-refractivity contribution in [2.75, 3.05) is 19.8 Å². The van der Waals surface area contributed by atoms with Crippen LogP contribution in [-0.2, 0) is 9.53 Å². The Morgan fingerprint density at radius 3 is 2.79 bits per heavy atom. The molecular weight excluding hydrogens is 242 g/mol. The van der Waals surface area contributed by atoms with Gasteiger partial charge in [-0.1, -0.05) is 26.7 Å². The van der Waals surface area contributed by atoms with Gasteiger partial charge in [0.25, 0.3) is 0 Å². The van der Waals surface area contributed by atoms with Crippen molar-refractivity contribution in [3.63, 3.8) is 0 Å². The first-order valence-corrected chi connectivity index (χ1v) is 7.73. The maximum atomic E-state index is 11.7. The topological polar surface area (TPSA) is 58.6 Å². The number of hydrogen-bond donors (Lipinski definition) is 2. The van der Waals surface area contributed by atoms with Crippen LogP contribution in [0.2, 0.25) is 0 Å². The zero-order valence-corrected chi connectivity index (χ0v) is 12.4. The summed E-state index contributed by atoms with van der Waals surface area (Å²) in [4.78, 5) is 11.7. The molecule has 0 bridgehead atoms. The lowest BCUT2D eigenvalue weighted by Gasteiger charge is -2.32. The summed E-state index contributed by atoms with van der Waals surface area (Å²) in [6.45, 7) is 6.48. The van der Waals surface area contributed by atoms with E-state index in [2.05, 4.69) is 19.2 Å². The SMILES string of the molecule is CCCCOCCC1CCCC1(NCCC)C(=O)O. The lowest BCUT2D eigenvalue weighted by Crippen LogP contribution is -2.55. The van der Waals surface area contributed by atoms with Crippen LogP contribution in [0.1, 0.15) is 58.8 Å². The van der Waals surface area contributed by atoms with Crippen LogP contribution in [0.25, 0.3) is 0 Å². The fourth-order valence-electron chi connectivity index (χ4n) is 2.98. The molecule has 0 aliphatic heterocycles. The van der Waals surface area contributed by atoms with E-state index in [0.717, 1.165) is 58.1 Å². The molecule has 1 saturated carbocycles. The average Bonchev–Trinajstić information content (AvgIpc) is 2.80. The van der Waals surface area contributed by atoms with Crippen LogP contribution < -0.4 is 5.32 Å². The summed E-state index contributed by atoms with van der Waals surface area (Å²) >= 11 is 0. The number of aliphatic carboxylic acids is 1. The van der Waals surface area contributed by atoms with E-state index in [0.29, 0.717) is 6.61 Å². The summed E-state index contributed by atoms with van der Waals surface area (Å²) in [6, 6.07) is 0. The zero-order valence-electron chi connectivity index (χ0n) is 12.4. The first kappa shape index (κ1) is 16.4. The summed E-state index contributed by atoms with van der Waals surface area (Å²) < 4.78 is 5.59. The molecule has 1 fully saturated rings. The number of hydrogen-bond acceptors (Lipinski definition) is 3. The van der Waals surface area contributed by atoms with Gasteiger partial charge in [-0.25, -0.2) is 0 Å². The molecule has 0 heterocycles. The number of rotatable bonds is 10. The molecule has 112 valence electrons. The van der Waals surface area contributed by atoms with Gasteiger partial charge in [-0.15, -0.1) is 0 Å². The van der Waals surface area contributed by atoms with Crippen molar-refractivity contribution in [1.29, 1.82) is 0 Å². The van der Waals surface area contributed by atoms with Crippen molar-refractivity contribution in [1.82, 2.24) is 5.32 Å². The van der Waals surface area contributed by atoms with Crippen LogP contribution in [0.15, 0.2) is 0 Å². The highest BCUT2D eigenvalue weighted by atomic mass is 16.5. The van der Waals surface area contributed by atoms with Crippen LogP contribution in [0.3, 0.4) is 0 Å². The highest BCUT2D eigenvalue weighted by molar-refractivity contribution is 5.79. The predicted octanol–water partition coefficient (Wildman–Crippen LogP) is 2.82. The average molecular weight is 271 g/mol. The van der Waals surface area contributed by atoms with E-state index in [9.17, 15) is 9.90 Å². The minimum Gasteiger partial charge on any atom is -0.480 e. The van der Waals surface area contributed by atoms with Crippen LogP contribution >= 0.6 is 0 Å². The van der Waals surface area contributed by atoms with Gasteiger partial charge >= 0.3 is 5.97 Å². The Labute approximate surface area is 116 Å². The van der Waals surface area contributed by atoms with E-state index in [1.165, 1.54) is 0 Å². The molecule has 0 radical (unpaired) electrons. The van der Waals surface area contributed by atoms with Gasteiger partial charge in [-0.2, -0.15) is 0 Å². The van der Waals surface area contributed by atoms with E-state index < -0.39 is 11.5 Å². The second-order valence-electron chi connectivity index (χ2n) is 5.55. The van der Waals surface area contributed by atoms with Crippen molar-refractivity contribution in [3.8, 4) is 0 Å². The summed E-state index contributed by atoms with van der Waals surface area (Å²) in [7, 11) is 0. The fourth-order valence-corrected chi connectivity index (χ4v) is 2.98. The summed E-state index contributed by atoms with van der Waals surface area (Å²) in [5, 5.41) is 12.9. The highest BCUT2D eigenvalue weighted by Crippen LogP contribution is 2.38. The Bertz CT molecular complexity index is 270. The molecular formula is C15H29NO3. The van der Waals surface area contributed by atoms with E-state index in [1.54, 1.807) is 0 Å². The molecule has 1 aliphatic rings. The molecule has 2 unspecified atom stereocenters. The standard InChI is InChI=1S/C15H29NO3/c1-3-5-11-19-12-8-13-7-6-9-15(13,14(17)18)16-10-4-2/h13,16H,3-12H2,1-2H3,(H,17,18). The Hall–Kier alpha value is -0.610. The molecule has 1 rings (SSSR count). The second-order valence-corrected chi connectivity index (χ2v) is 5.55. The Morgan fingerprint density at radius 1 is 1.37 bits per heavy atom. The summed E-state index contributed by atoms with van der Waals surface area (Å²) in [5.41, 5.74) is -0.704. The molecule has 0 spiro atoms. The molecule has 4 nitrogen and oxygen atoms in total. The highest BCUT2D eigenvalue weighted by Gasteiger charge is 2.48. The normalized spacial score (nSPS) is 26.7. The van der Waals surface area contributed by atoms with Gasteiger partial charge in [0.1, 0.15) is 5.54 Å². The van der Waals surface area contributed by atoms with Gasteiger partial charge in [0, 0.05) is 13.2 Å². The molecule has 0 aromatic heterocycles. The molecule has 0 saturated heterocycles. The van der Waals surface area contributed by atoms with Gasteiger partial charge in [0.2, 0.25) is 0 Å². The van der Waals surface area contributed by atoms with Crippen LogP contribution in [0.4, 0.5) is 0 Å². The number of carbonyl (C=O) groups is 1. The number of nitrogens with one attached hydrogen (secondary N) is 1. The number of unbranched alkanes of at least 4 members (excludes halogenated alkanes) is 1. The molecule has 1 aliphatic carbocycles. The number of carboxylic acids is 1. The molecule has 2 atom stereocenters. The van der Waals surface area contributed by atoms with Gasteiger partial charge < -0.3 is 15.2 Å². The first-order chi connectivity index (χ1) is 9.17. The molecule has 0 aromatic carbocycles. The minimum absolute atomic E-state index is 0.207. The Kier molecular flexibility index (Phi) is 7.39. The maximum Gasteiger partial charge on any atom is 0.324 e. The van der Waals surface area contributed by atoms with E-state index in [-0.39, 0.29) is 5.92 Å². The third-order valence-corrected chi connectivity index (χ3v) is 4.15. The van der Waals surface area contributed by atoms with Crippen LogP contribution in [0, 0.1) is 5.92 Å². The van der Waals surface area contributed by atoms with Crippen LogP contribution in [-0.4, -0.2) is 36.4 Å². The van der Waals surface area contributed by atoms with Gasteiger partial charge in [0.05, 0.1) is 0 Å². The van der Waals surface area contributed by atoms with Gasteiger partial charge in [-0.3, -0.25) is 4.79 Å².